The lowest BCUT2D eigenvalue weighted by molar-refractivity contribution is -0.0406. The maximum Gasteiger partial charge on any atom is 0.410 e. The zero-order valence-electron chi connectivity index (χ0n) is 19.0. The highest BCUT2D eigenvalue weighted by atomic mass is 32.1. The molecule has 2 amide bonds. The van der Waals surface area contributed by atoms with Gasteiger partial charge in [0.05, 0.1) is 13.7 Å². The quantitative estimate of drug-likeness (QED) is 0.682. The van der Waals surface area contributed by atoms with E-state index in [4.69, 9.17) is 9.47 Å². The molecule has 5 rings (SSSR count). The van der Waals surface area contributed by atoms with Gasteiger partial charge in [0.15, 0.2) is 0 Å². The van der Waals surface area contributed by atoms with Crippen LogP contribution in [0.3, 0.4) is 0 Å². The summed E-state index contributed by atoms with van der Waals surface area (Å²) in [6, 6.07) is 3.10. The van der Waals surface area contributed by atoms with Crippen molar-refractivity contribution in [1.82, 2.24) is 14.7 Å². The third kappa shape index (κ3) is 4.23. The van der Waals surface area contributed by atoms with E-state index in [1.54, 1.807) is 7.11 Å². The average Bonchev–Trinajstić information content (AvgIpc) is 3.33. The van der Waals surface area contributed by atoms with Crippen molar-refractivity contribution in [2.45, 2.75) is 69.5 Å². The molecule has 1 saturated carbocycles. The lowest BCUT2D eigenvalue weighted by Crippen LogP contribution is -2.59. The van der Waals surface area contributed by atoms with Crippen LogP contribution in [-0.2, 0) is 4.74 Å². The molecule has 0 aromatic carbocycles. The van der Waals surface area contributed by atoms with Crippen LogP contribution in [0.2, 0.25) is 0 Å². The number of amides is 2. The van der Waals surface area contributed by atoms with Gasteiger partial charge < -0.3 is 24.2 Å². The number of fused-ring (bicyclic) bond motifs is 1. The van der Waals surface area contributed by atoms with Gasteiger partial charge in [-0.1, -0.05) is 12.8 Å². The Hall–Kier alpha value is -1.80. The Bertz CT molecular complexity index is 814. The summed E-state index contributed by atoms with van der Waals surface area (Å²) in [4.78, 5) is 32.9. The van der Waals surface area contributed by atoms with E-state index in [1.807, 2.05) is 16.3 Å². The largest absolute Gasteiger partial charge is 0.495 e. The van der Waals surface area contributed by atoms with Crippen LogP contribution in [0.25, 0.3) is 0 Å². The van der Waals surface area contributed by atoms with Gasteiger partial charge in [-0.2, -0.15) is 0 Å². The van der Waals surface area contributed by atoms with Crippen LogP contribution in [0.5, 0.6) is 5.75 Å². The van der Waals surface area contributed by atoms with E-state index in [2.05, 4.69) is 9.80 Å². The van der Waals surface area contributed by atoms with Crippen molar-refractivity contribution in [2.75, 3.05) is 39.9 Å². The van der Waals surface area contributed by atoms with Crippen molar-refractivity contribution >= 4 is 23.3 Å². The Morgan fingerprint density at radius 2 is 1.75 bits per heavy atom. The van der Waals surface area contributed by atoms with Gasteiger partial charge in [0.25, 0.3) is 5.91 Å². The molecular formula is C24H35N3O4S. The van der Waals surface area contributed by atoms with Gasteiger partial charge in [0.1, 0.15) is 10.6 Å². The summed E-state index contributed by atoms with van der Waals surface area (Å²) in [6.07, 6.45) is 8.85. The number of methoxy groups -OCH3 is 1. The number of thiophene rings is 1. The Balaban J connectivity index is 1.13. The van der Waals surface area contributed by atoms with Crippen molar-refractivity contribution in [2.24, 2.45) is 5.92 Å². The van der Waals surface area contributed by atoms with Crippen molar-refractivity contribution in [3.05, 3.63) is 16.3 Å². The molecule has 3 aliphatic heterocycles. The minimum atomic E-state index is -0.0811. The molecule has 0 bridgehead atoms. The number of hydrogen-bond acceptors (Lipinski definition) is 6. The van der Waals surface area contributed by atoms with Crippen LogP contribution in [0.1, 0.15) is 61.0 Å². The molecule has 3 saturated heterocycles. The second-order valence-electron chi connectivity index (χ2n) is 9.70. The fraction of sp³-hybridized carbons (Fsp3) is 0.750. The van der Waals surface area contributed by atoms with Gasteiger partial charge in [-0.3, -0.25) is 4.79 Å². The highest BCUT2D eigenvalue weighted by molar-refractivity contribution is 7.12. The molecular weight excluding hydrogens is 426 g/mol. The molecule has 8 heteroatoms. The summed E-state index contributed by atoms with van der Waals surface area (Å²) in [5.41, 5.74) is 0. The maximum absolute atomic E-state index is 12.9. The van der Waals surface area contributed by atoms with Crippen LogP contribution in [0.15, 0.2) is 11.4 Å². The van der Waals surface area contributed by atoms with Gasteiger partial charge in [-0.05, 0) is 50.0 Å². The van der Waals surface area contributed by atoms with Crippen LogP contribution >= 0.6 is 11.3 Å². The minimum absolute atomic E-state index is 0.0811. The fourth-order valence-electron chi connectivity index (χ4n) is 6.28. The highest BCUT2D eigenvalue weighted by Gasteiger charge is 2.43. The maximum atomic E-state index is 12.9. The number of piperidine rings is 2. The molecule has 4 fully saturated rings. The van der Waals surface area contributed by atoms with E-state index in [0.29, 0.717) is 41.3 Å². The van der Waals surface area contributed by atoms with E-state index in [9.17, 15) is 9.59 Å². The molecule has 2 atom stereocenters. The number of likely N-dealkylation sites (tertiary alicyclic amines) is 2. The Morgan fingerprint density at radius 1 is 1.03 bits per heavy atom. The second-order valence-corrected chi connectivity index (χ2v) is 10.6. The summed E-state index contributed by atoms with van der Waals surface area (Å²) < 4.78 is 10.9. The smallest absolute Gasteiger partial charge is 0.410 e. The van der Waals surface area contributed by atoms with Crippen molar-refractivity contribution in [3.63, 3.8) is 0 Å². The van der Waals surface area contributed by atoms with Crippen LogP contribution in [0, 0.1) is 5.92 Å². The van der Waals surface area contributed by atoms with Gasteiger partial charge in [-0.15, -0.1) is 11.3 Å². The molecule has 1 aliphatic carbocycles. The topological polar surface area (TPSA) is 62.3 Å². The molecule has 1 aromatic rings. The lowest BCUT2D eigenvalue weighted by atomic mass is 9.82. The molecule has 0 spiro atoms. The molecule has 32 heavy (non-hydrogen) atoms. The number of carbonyl (C=O) groups is 2. The summed E-state index contributed by atoms with van der Waals surface area (Å²) in [5.74, 6) is 1.31. The normalized spacial score (nSPS) is 28.3. The fourth-order valence-corrected chi connectivity index (χ4v) is 7.10. The van der Waals surface area contributed by atoms with E-state index >= 15 is 0 Å². The van der Waals surface area contributed by atoms with E-state index in [1.165, 1.54) is 30.6 Å². The minimum Gasteiger partial charge on any atom is -0.495 e. The average molecular weight is 462 g/mol. The zero-order valence-corrected chi connectivity index (χ0v) is 19.9. The first-order valence-electron chi connectivity index (χ1n) is 12.3. The first kappa shape index (κ1) is 22.0. The molecule has 4 heterocycles. The monoisotopic (exact) mass is 461 g/mol. The first-order chi connectivity index (χ1) is 15.7. The van der Waals surface area contributed by atoms with E-state index in [-0.39, 0.29) is 12.0 Å². The van der Waals surface area contributed by atoms with Gasteiger partial charge in [0.2, 0.25) is 0 Å². The van der Waals surface area contributed by atoms with Gasteiger partial charge >= 0.3 is 6.09 Å². The summed E-state index contributed by atoms with van der Waals surface area (Å²) in [6.45, 7) is 4.28. The molecule has 7 nitrogen and oxygen atoms in total. The Morgan fingerprint density at radius 3 is 2.50 bits per heavy atom. The molecule has 0 radical (unpaired) electrons. The van der Waals surface area contributed by atoms with E-state index in [0.717, 1.165) is 58.3 Å². The molecule has 0 N–H and O–H groups in total. The van der Waals surface area contributed by atoms with E-state index < -0.39 is 0 Å². The number of cyclic esters (lactones) is 1. The predicted octanol–water partition coefficient (Wildman–Crippen LogP) is 3.84. The SMILES string of the molecule is COc1ccsc1C(=O)N1CCC(N2CCC(N3C(=O)OC[C@H]4CCCC[C@@H]43)CC2)CC1. The number of hydrogen-bond donors (Lipinski definition) is 0. The number of carbonyl (C=O) groups excluding carboxylic acids is 2. The van der Waals surface area contributed by atoms with Crippen LogP contribution < -0.4 is 4.74 Å². The molecule has 0 unspecified atom stereocenters. The zero-order chi connectivity index (χ0) is 22.1. The lowest BCUT2D eigenvalue weighted by Gasteiger charge is -2.49. The number of rotatable bonds is 4. The summed E-state index contributed by atoms with van der Waals surface area (Å²) in [5, 5.41) is 1.91. The molecule has 4 aliphatic rings. The Kier molecular flexibility index (Phi) is 6.60. The third-order valence-corrected chi connectivity index (χ3v) is 8.95. The summed E-state index contributed by atoms with van der Waals surface area (Å²) in [7, 11) is 1.62. The number of nitrogens with zero attached hydrogens (tertiary/aromatic N) is 3. The second kappa shape index (κ2) is 9.59. The standard InChI is InChI=1S/C24H35N3O4S/c1-30-21-10-15-32-22(21)23(28)26-13-6-18(7-14-26)25-11-8-19(9-12-25)27-20-5-3-2-4-17(20)16-31-24(27)29/h10,15,17-20H,2-9,11-14,16H2,1H3/t17-,20+/m1/s1. The third-order valence-electron chi connectivity index (χ3n) is 8.06. The predicted molar refractivity (Wildman–Crippen MR) is 123 cm³/mol. The number of ether oxygens (including phenoxy) is 2. The molecule has 1 aromatic heterocycles. The highest BCUT2D eigenvalue weighted by Crippen LogP contribution is 2.36. The van der Waals surface area contributed by atoms with Crippen LogP contribution in [-0.4, -0.2) is 84.7 Å². The van der Waals surface area contributed by atoms with Crippen molar-refractivity contribution in [3.8, 4) is 5.75 Å². The summed E-state index contributed by atoms with van der Waals surface area (Å²) >= 11 is 1.46. The Labute approximate surface area is 194 Å². The van der Waals surface area contributed by atoms with Gasteiger partial charge in [0, 0.05) is 50.2 Å². The van der Waals surface area contributed by atoms with Crippen LogP contribution in [0.4, 0.5) is 4.79 Å². The first-order valence-corrected chi connectivity index (χ1v) is 13.1. The molecule has 176 valence electrons. The van der Waals surface area contributed by atoms with Gasteiger partial charge in [-0.25, -0.2) is 4.79 Å². The van der Waals surface area contributed by atoms with Crippen molar-refractivity contribution < 1.29 is 19.1 Å². The van der Waals surface area contributed by atoms with Crippen molar-refractivity contribution in [1.29, 1.82) is 0 Å².